The first-order valence-corrected chi connectivity index (χ1v) is 8.49. The van der Waals surface area contributed by atoms with Gasteiger partial charge in [0.25, 0.3) is 0 Å². The summed E-state index contributed by atoms with van der Waals surface area (Å²) >= 11 is 0. The SMILES string of the molecule is COCC(=O)N1CC[C@@H](Cc2cncc(-c3ccccc3C(=O)O)n2)C1. The lowest BCUT2D eigenvalue weighted by atomic mass is 10.0. The highest BCUT2D eigenvalue weighted by Crippen LogP contribution is 2.24. The van der Waals surface area contributed by atoms with Crippen LogP contribution < -0.4 is 0 Å². The Morgan fingerprint density at radius 2 is 2.12 bits per heavy atom. The average Bonchev–Trinajstić information content (AvgIpc) is 3.11. The van der Waals surface area contributed by atoms with E-state index in [0.29, 0.717) is 30.1 Å². The fraction of sp³-hybridized carbons (Fsp3) is 0.368. The quantitative estimate of drug-likeness (QED) is 0.850. The van der Waals surface area contributed by atoms with Crippen LogP contribution in [-0.4, -0.2) is 58.7 Å². The number of aromatic nitrogens is 2. The van der Waals surface area contributed by atoms with Gasteiger partial charge in [-0.05, 0) is 24.8 Å². The van der Waals surface area contributed by atoms with Gasteiger partial charge in [-0.1, -0.05) is 18.2 Å². The van der Waals surface area contributed by atoms with Gasteiger partial charge in [-0.3, -0.25) is 9.78 Å². The molecule has 2 aromatic rings. The number of amides is 1. The summed E-state index contributed by atoms with van der Waals surface area (Å²) in [7, 11) is 1.52. The lowest BCUT2D eigenvalue weighted by Crippen LogP contribution is -2.31. The number of benzene rings is 1. The van der Waals surface area contributed by atoms with E-state index >= 15 is 0 Å². The first kappa shape index (κ1) is 18.0. The topological polar surface area (TPSA) is 92.6 Å². The number of hydrogen-bond acceptors (Lipinski definition) is 5. The molecule has 1 atom stereocenters. The van der Waals surface area contributed by atoms with Crippen molar-refractivity contribution in [2.24, 2.45) is 5.92 Å². The fourth-order valence-electron chi connectivity index (χ4n) is 3.26. The Morgan fingerprint density at radius 3 is 2.88 bits per heavy atom. The second kappa shape index (κ2) is 8.05. The molecule has 0 aliphatic carbocycles. The number of rotatable bonds is 6. The zero-order valence-corrected chi connectivity index (χ0v) is 14.6. The van der Waals surface area contributed by atoms with Gasteiger partial charge in [-0.25, -0.2) is 9.78 Å². The first-order chi connectivity index (χ1) is 12.6. The van der Waals surface area contributed by atoms with Gasteiger partial charge in [-0.2, -0.15) is 0 Å². The molecule has 3 rings (SSSR count). The maximum Gasteiger partial charge on any atom is 0.336 e. The summed E-state index contributed by atoms with van der Waals surface area (Å²) in [6.45, 7) is 1.51. The number of carboxylic acids is 1. The minimum Gasteiger partial charge on any atom is -0.478 e. The van der Waals surface area contributed by atoms with E-state index in [1.165, 1.54) is 7.11 Å². The molecule has 2 heterocycles. The molecule has 1 aliphatic heterocycles. The third-order valence-electron chi connectivity index (χ3n) is 4.52. The largest absolute Gasteiger partial charge is 0.478 e. The van der Waals surface area contributed by atoms with Gasteiger partial charge in [-0.15, -0.1) is 0 Å². The van der Waals surface area contributed by atoms with E-state index in [1.807, 2.05) is 4.90 Å². The van der Waals surface area contributed by atoms with Gasteiger partial charge in [0.15, 0.2) is 0 Å². The zero-order chi connectivity index (χ0) is 18.5. The second-order valence-corrected chi connectivity index (χ2v) is 6.38. The number of ether oxygens (including phenoxy) is 1. The zero-order valence-electron chi connectivity index (χ0n) is 14.6. The Balaban J connectivity index is 1.73. The summed E-state index contributed by atoms with van der Waals surface area (Å²) in [5, 5.41) is 9.36. The van der Waals surface area contributed by atoms with Crippen LogP contribution in [0, 0.1) is 5.92 Å². The van der Waals surface area contributed by atoms with Crippen LogP contribution >= 0.6 is 0 Å². The number of likely N-dealkylation sites (tertiary alicyclic amines) is 1. The molecule has 7 nitrogen and oxygen atoms in total. The van der Waals surface area contributed by atoms with Crippen molar-refractivity contribution in [2.75, 3.05) is 26.8 Å². The van der Waals surface area contributed by atoms with Gasteiger partial charge in [0, 0.05) is 32.0 Å². The molecule has 1 aliphatic rings. The van der Waals surface area contributed by atoms with Crippen molar-refractivity contribution in [1.29, 1.82) is 0 Å². The van der Waals surface area contributed by atoms with E-state index in [2.05, 4.69) is 9.97 Å². The molecule has 26 heavy (non-hydrogen) atoms. The van der Waals surface area contributed by atoms with Crippen LogP contribution in [0.25, 0.3) is 11.3 Å². The number of carbonyl (C=O) groups is 2. The lowest BCUT2D eigenvalue weighted by molar-refractivity contribution is -0.134. The predicted octanol–water partition coefficient (Wildman–Crippen LogP) is 1.88. The molecule has 0 spiro atoms. The number of hydrogen-bond donors (Lipinski definition) is 1. The molecular formula is C19H21N3O4. The standard InChI is InChI=1S/C19H21N3O4/c1-26-12-18(23)22-7-6-13(11-22)8-14-9-20-10-17(21-14)15-4-2-3-5-16(15)19(24)25/h2-5,9-10,13H,6-8,11-12H2,1H3,(H,24,25)/t13-/m0/s1. The summed E-state index contributed by atoms with van der Waals surface area (Å²) in [6, 6.07) is 6.76. The molecule has 1 amide bonds. The molecule has 136 valence electrons. The summed E-state index contributed by atoms with van der Waals surface area (Å²) in [5.41, 5.74) is 2.10. The summed E-state index contributed by atoms with van der Waals surface area (Å²) < 4.78 is 4.90. The number of methoxy groups -OCH3 is 1. The van der Waals surface area contributed by atoms with E-state index in [0.717, 1.165) is 18.7 Å². The molecule has 1 fully saturated rings. The molecular weight excluding hydrogens is 334 g/mol. The molecule has 0 saturated carbocycles. The minimum atomic E-state index is -0.990. The number of nitrogens with zero attached hydrogens (tertiary/aromatic N) is 3. The molecule has 0 radical (unpaired) electrons. The minimum absolute atomic E-state index is 0.00483. The van der Waals surface area contributed by atoms with Crippen LogP contribution in [0.3, 0.4) is 0 Å². The average molecular weight is 355 g/mol. The summed E-state index contributed by atoms with van der Waals surface area (Å²) in [5.74, 6) is -0.670. The van der Waals surface area contributed by atoms with Crippen molar-refractivity contribution in [1.82, 2.24) is 14.9 Å². The van der Waals surface area contributed by atoms with Crippen LogP contribution in [0.1, 0.15) is 22.5 Å². The van der Waals surface area contributed by atoms with Crippen molar-refractivity contribution < 1.29 is 19.4 Å². The highest BCUT2D eigenvalue weighted by molar-refractivity contribution is 5.95. The predicted molar refractivity (Wildman–Crippen MR) is 94.7 cm³/mol. The van der Waals surface area contributed by atoms with Crippen LogP contribution in [-0.2, 0) is 16.0 Å². The highest BCUT2D eigenvalue weighted by Gasteiger charge is 2.26. The lowest BCUT2D eigenvalue weighted by Gasteiger charge is -2.16. The number of carboxylic acid groups (broad SMARTS) is 1. The Bertz CT molecular complexity index is 809. The Morgan fingerprint density at radius 1 is 1.31 bits per heavy atom. The van der Waals surface area contributed by atoms with Gasteiger partial charge in [0.05, 0.1) is 23.1 Å². The number of carbonyl (C=O) groups excluding carboxylic acids is 1. The van der Waals surface area contributed by atoms with Gasteiger partial charge in [0.2, 0.25) is 5.91 Å². The van der Waals surface area contributed by atoms with Crippen molar-refractivity contribution in [3.05, 3.63) is 47.9 Å². The third kappa shape index (κ3) is 4.05. The van der Waals surface area contributed by atoms with E-state index in [1.54, 1.807) is 36.7 Å². The molecule has 1 saturated heterocycles. The van der Waals surface area contributed by atoms with Crippen LogP contribution in [0.5, 0.6) is 0 Å². The maximum absolute atomic E-state index is 11.9. The second-order valence-electron chi connectivity index (χ2n) is 6.38. The van der Waals surface area contributed by atoms with Crippen LogP contribution in [0.15, 0.2) is 36.7 Å². The number of aromatic carboxylic acids is 1. The molecule has 1 N–H and O–H groups in total. The Labute approximate surface area is 151 Å². The van der Waals surface area contributed by atoms with Crippen molar-refractivity contribution in [3.8, 4) is 11.3 Å². The van der Waals surface area contributed by atoms with Gasteiger partial charge >= 0.3 is 5.97 Å². The summed E-state index contributed by atoms with van der Waals surface area (Å²) in [4.78, 5) is 34.0. The molecule has 0 unspecified atom stereocenters. The monoisotopic (exact) mass is 355 g/mol. The van der Waals surface area contributed by atoms with Crippen molar-refractivity contribution in [2.45, 2.75) is 12.8 Å². The third-order valence-corrected chi connectivity index (χ3v) is 4.52. The smallest absolute Gasteiger partial charge is 0.336 e. The van der Waals surface area contributed by atoms with E-state index < -0.39 is 5.97 Å². The Kier molecular flexibility index (Phi) is 5.58. The molecule has 7 heteroatoms. The molecule has 0 bridgehead atoms. The van der Waals surface area contributed by atoms with Crippen molar-refractivity contribution in [3.63, 3.8) is 0 Å². The molecule has 1 aromatic heterocycles. The van der Waals surface area contributed by atoms with Gasteiger partial charge in [0.1, 0.15) is 6.61 Å². The van der Waals surface area contributed by atoms with Crippen LogP contribution in [0.4, 0.5) is 0 Å². The molecule has 1 aromatic carbocycles. The van der Waals surface area contributed by atoms with E-state index in [-0.39, 0.29) is 18.1 Å². The van der Waals surface area contributed by atoms with E-state index in [9.17, 15) is 14.7 Å². The van der Waals surface area contributed by atoms with Crippen LogP contribution in [0.2, 0.25) is 0 Å². The maximum atomic E-state index is 11.9. The highest BCUT2D eigenvalue weighted by atomic mass is 16.5. The van der Waals surface area contributed by atoms with E-state index in [4.69, 9.17) is 4.74 Å². The Hall–Kier alpha value is -2.80. The first-order valence-electron chi connectivity index (χ1n) is 8.49. The summed E-state index contributed by atoms with van der Waals surface area (Å²) in [6.07, 6.45) is 4.89. The van der Waals surface area contributed by atoms with Crippen molar-refractivity contribution >= 4 is 11.9 Å². The fourth-order valence-corrected chi connectivity index (χ4v) is 3.26. The normalized spacial score (nSPS) is 16.7. The van der Waals surface area contributed by atoms with Gasteiger partial charge < -0.3 is 14.7 Å².